The predicted octanol–water partition coefficient (Wildman–Crippen LogP) is 0.833. The van der Waals surface area contributed by atoms with Crippen molar-refractivity contribution in [2.75, 3.05) is 13.2 Å². The Morgan fingerprint density at radius 3 is 2.87 bits per heavy atom. The summed E-state index contributed by atoms with van der Waals surface area (Å²) in [6.45, 7) is 4.69. The fourth-order valence-corrected chi connectivity index (χ4v) is 1.78. The maximum Gasteiger partial charge on any atom is 0.223 e. The average molecular weight is 215 g/mol. The van der Waals surface area contributed by atoms with Gasteiger partial charge in [0.15, 0.2) is 0 Å². The molecule has 0 aromatic rings. The van der Waals surface area contributed by atoms with Crippen molar-refractivity contribution in [3.05, 3.63) is 0 Å². The van der Waals surface area contributed by atoms with E-state index in [1.807, 2.05) is 13.8 Å². The van der Waals surface area contributed by atoms with Crippen molar-refractivity contribution in [2.24, 2.45) is 0 Å². The molecule has 0 aliphatic carbocycles. The van der Waals surface area contributed by atoms with Crippen LogP contribution >= 0.6 is 0 Å². The van der Waals surface area contributed by atoms with Crippen molar-refractivity contribution >= 4 is 5.91 Å². The fraction of sp³-hybridized carbons (Fsp3) is 0.909. The Balaban J connectivity index is 2.27. The van der Waals surface area contributed by atoms with Crippen LogP contribution in [-0.4, -0.2) is 35.9 Å². The number of hydrogen-bond donors (Lipinski definition) is 2. The first-order chi connectivity index (χ1) is 7.03. The first-order valence-electron chi connectivity index (χ1n) is 5.57. The minimum Gasteiger partial charge on any atom is -0.396 e. The van der Waals surface area contributed by atoms with Crippen LogP contribution < -0.4 is 5.32 Å². The van der Waals surface area contributed by atoms with Crippen molar-refractivity contribution in [3.63, 3.8) is 0 Å². The van der Waals surface area contributed by atoms with E-state index in [0.29, 0.717) is 12.8 Å². The number of amides is 1. The van der Waals surface area contributed by atoms with Gasteiger partial charge in [0.05, 0.1) is 12.5 Å². The first-order valence-corrected chi connectivity index (χ1v) is 5.57. The van der Waals surface area contributed by atoms with Gasteiger partial charge in [-0.1, -0.05) is 0 Å². The summed E-state index contributed by atoms with van der Waals surface area (Å²) < 4.78 is 5.39. The lowest BCUT2D eigenvalue weighted by Gasteiger charge is -2.26. The molecule has 1 aliphatic rings. The molecule has 1 amide bonds. The molecule has 4 nitrogen and oxygen atoms in total. The van der Waals surface area contributed by atoms with Crippen LogP contribution in [0.3, 0.4) is 0 Å². The summed E-state index contributed by atoms with van der Waals surface area (Å²) in [4.78, 5) is 11.6. The molecule has 1 fully saturated rings. The van der Waals surface area contributed by atoms with Gasteiger partial charge in [-0.05, 0) is 33.1 Å². The van der Waals surface area contributed by atoms with Gasteiger partial charge in [-0.25, -0.2) is 0 Å². The molecule has 0 radical (unpaired) electrons. The second-order valence-corrected chi connectivity index (χ2v) is 4.74. The SMILES string of the molecule is CC(C)(CCO)NC(=O)CC1CCCO1. The van der Waals surface area contributed by atoms with E-state index in [1.54, 1.807) is 0 Å². The Kier molecular flexibility index (Phi) is 4.54. The van der Waals surface area contributed by atoms with Crippen LogP contribution in [0.15, 0.2) is 0 Å². The molecule has 1 saturated heterocycles. The highest BCUT2D eigenvalue weighted by atomic mass is 16.5. The van der Waals surface area contributed by atoms with Crippen molar-refractivity contribution in [1.29, 1.82) is 0 Å². The van der Waals surface area contributed by atoms with Gasteiger partial charge in [0.25, 0.3) is 0 Å². The zero-order valence-electron chi connectivity index (χ0n) is 9.58. The molecular weight excluding hydrogens is 194 g/mol. The number of hydrogen-bond acceptors (Lipinski definition) is 3. The first kappa shape index (κ1) is 12.5. The van der Waals surface area contributed by atoms with E-state index in [-0.39, 0.29) is 24.2 Å². The molecule has 15 heavy (non-hydrogen) atoms. The van der Waals surface area contributed by atoms with E-state index in [9.17, 15) is 4.79 Å². The second-order valence-electron chi connectivity index (χ2n) is 4.74. The highest BCUT2D eigenvalue weighted by molar-refractivity contribution is 5.77. The summed E-state index contributed by atoms with van der Waals surface area (Å²) >= 11 is 0. The summed E-state index contributed by atoms with van der Waals surface area (Å²) in [5.41, 5.74) is -0.329. The monoisotopic (exact) mass is 215 g/mol. The van der Waals surface area contributed by atoms with E-state index < -0.39 is 0 Å². The highest BCUT2D eigenvalue weighted by Crippen LogP contribution is 2.16. The maximum absolute atomic E-state index is 11.6. The largest absolute Gasteiger partial charge is 0.396 e. The van der Waals surface area contributed by atoms with Crippen LogP contribution in [0.2, 0.25) is 0 Å². The van der Waals surface area contributed by atoms with Gasteiger partial charge in [-0.3, -0.25) is 4.79 Å². The van der Waals surface area contributed by atoms with Crippen molar-refractivity contribution in [3.8, 4) is 0 Å². The molecule has 88 valence electrons. The number of rotatable bonds is 5. The standard InChI is InChI=1S/C11H21NO3/c1-11(2,5-6-13)12-10(14)8-9-4-3-7-15-9/h9,13H,3-8H2,1-2H3,(H,12,14). The molecular formula is C11H21NO3. The lowest BCUT2D eigenvalue weighted by atomic mass is 10.0. The number of aliphatic hydroxyl groups is 1. The molecule has 0 spiro atoms. The second kappa shape index (κ2) is 5.47. The zero-order valence-corrected chi connectivity index (χ0v) is 9.58. The van der Waals surface area contributed by atoms with Gasteiger partial charge >= 0.3 is 0 Å². The lowest BCUT2D eigenvalue weighted by Crippen LogP contribution is -2.44. The number of aliphatic hydroxyl groups excluding tert-OH is 1. The minimum absolute atomic E-state index is 0.0142. The average Bonchev–Trinajstić information content (AvgIpc) is 2.54. The van der Waals surface area contributed by atoms with Crippen molar-refractivity contribution in [2.45, 2.75) is 51.2 Å². The topological polar surface area (TPSA) is 58.6 Å². The van der Waals surface area contributed by atoms with Gasteiger partial charge in [0, 0.05) is 18.8 Å². The molecule has 1 rings (SSSR count). The van der Waals surface area contributed by atoms with Crippen LogP contribution in [0, 0.1) is 0 Å². The molecule has 1 heterocycles. The third-order valence-electron chi connectivity index (χ3n) is 2.65. The molecule has 1 unspecified atom stereocenters. The van der Waals surface area contributed by atoms with E-state index in [1.165, 1.54) is 0 Å². The lowest BCUT2D eigenvalue weighted by molar-refractivity contribution is -0.124. The molecule has 1 atom stereocenters. The molecule has 1 aliphatic heterocycles. The van der Waals surface area contributed by atoms with Crippen molar-refractivity contribution in [1.82, 2.24) is 5.32 Å². The van der Waals surface area contributed by atoms with E-state index in [4.69, 9.17) is 9.84 Å². The molecule has 2 N–H and O–H groups in total. The molecule has 0 bridgehead atoms. The number of carbonyl (C=O) groups excluding carboxylic acids is 1. The zero-order chi connectivity index (χ0) is 11.3. The van der Waals surface area contributed by atoms with E-state index in [2.05, 4.69) is 5.32 Å². The smallest absolute Gasteiger partial charge is 0.223 e. The Hall–Kier alpha value is -0.610. The Morgan fingerprint density at radius 2 is 2.33 bits per heavy atom. The molecule has 0 aromatic carbocycles. The quantitative estimate of drug-likeness (QED) is 0.714. The van der Waals surface area contributed by atoms with Gasteiger partial charge in [-0.15, -0.1) is 0 Å². The summed E-state index contributed by atoms with van der Waals surface area (Å²) in [6, 6.07) is 0. The van der Waals surface area contributed by atoms with Crippen LogP contribution in [0.25, 0.3) is 0 Å². The Morgan fingerprint density at radius 1 is 1.60 bits per heavy atom. The predicted molar refractivity (Wildman–Crippen MR) is 57.5 cm³/mol. The van der Waals surface area contributed by atoms with Crippen LogP contribution in [-0.2, 0) is 9.53 Å². The molecule has 4 heteroatoms. The normalized spacial score (nSPS) is 21.7. The molecule has 0 aromatic heterocycles. The van der Waals surface area contributed by atoms with Crippen LogP contribution in [0.5, 0.6) is 0 Å². The Bertz CT molecular complexity index is 210. The van der Waals surface area contributed by atoms with Crippen molar-refractivity contribution < 1.29 is 14.6 Å². The Labute approximate surface area is 91.0 Å². The fourth-order valence-electron chi connectivity index (χ4n) is 1.78. The molecule has 0 saturated carbocycles. The minimum atomic E-state index is -0.329. The number of nitrogens with one attached hydrogen (secondary N) is 1. The van der Waals surface area contributed by atoms with Gasteiger partial charge in [-0.2, -0.15) is 0 Å². The van der Waals surface area contributed by atoms with Gasteiger partial charge in [0.2, 0.25) is 5.91 Å². The highest BCUT2D eigenvalue weighted by Gasteiger charge is 2.23. The number of ether oxygens (including phenoxy) is 1. The number of carbonyl (C=O) groups is 1. The van der Waals surface area contributed by atoms with E-state index in [0.717, 1.165) is 19.4 Å². The summed E-state index contributed by atoms with van der Waals surface area (Å²) in [5.74, 6) is 0.0142. The van der Waals surface area contributed by atoms with E-state index >= 15 is 0 Å². The van der Waals surface area contributed by atoms with Crippen LogP contribution in [0.1, 0.15) is 39.5 Å². The third kappa shape index (κ3) is 4.62. The summed E-state index contributed by atoms with van der Waals surface area (Å²) in [5, 5.41) is 11.7. The maximum atomic E-state index is 11.6. The third-order valence-corrected chi connectivity index (χ3v) is 2.65. The van der Waals surface area contributed by atoms with Gasteiger partial charge < -0.3 is 15.2 Å². The van der Waals surface area contributed by atoms with Gasteiger partial charge in [0.1, 0.15) is 0 Å². The van der Waals surface area contributed by atoms with Crippen LogP contribution in [0.4, 0.5) is 0 Å². The summed E-state index contributed by atoms with van der Waals surface area (Å²) in [7, 11) is 0. The summed E-state index contributed by atoms with van der Waals surface area (Å²) in [6.07, 6.45) is 3.14.